The number of ether oxygens (including phenoxy) is 1. The van der Waals surface area contributed by atoms with Gasteiger partial charge in [0, 0.05) is 79.6 Å². The molecule has 49 heavy (non-hydrogen) atoms. The lowest BCUT2D eigenvalue weighted by atomic mass is 10.1. The minimum absolute atomic E-state index is 0.00718. The van der Waals surface area contributed by atoms with Crippen molar-refractivity contribution in [1.82, 2.24) is 34.5 Å². The first-order valence-corrected chi connectivity index (χ1v) is 16.1. The maximum absolute atomic E-state index is 15.5. The van der Waals surface area contributed by atoms with E-state index in [1.54, 1.807) is 47.4 Å². The quantitative estimate of drug-likeness (QED) is 0.258. The number of aromatic nitrogens is 5. The summed E-state index contributed by atoms with van der Waals surface area (Å²) in [6.07, 6.45) is 6.38. The fraction of sp³-hybridized carbons (Fsp3) is 0.314. The highest BCUT2D eigenvalue weighted by atomic mass is 19.1. The van der Waals surface area contributed by atoms with E-state index in [4.69, 9.17) is 19.7 Å². The number of hydrogen-bond acceptors (Lipinski definition) is 9. The number of halogens is 1. The van der Waals surface area contributed by atoms with Crippen LogP contribution in [0.25, 0.3) is 33.5 Å². The highest BCUT2D eigenvalue weighted by Crippen LogP contribution is 2.31. The third-order valence-electron chi connectivity index (χ3n) is 8.91. The van der Waals surface area contributed by atoms with Gasteiger partial charge in [-0.1, -0.05) is 0 Å². The van der Waals surface area contributed by atoms with E-state index in [1.807, 2.05) is 38.3 Å². The fourth-order valence-corrected chi connectivity index (χ4v) is 6.12. The average molecular weight is 665 g/mol. The van der Waals surface area contributed by atoms with Crippen molar-refractivity contribution < 1.29 is 18.7 Å². The van der Waals surface area contributed by atoms with E-state index in [2.05, 4.69) is 25.5 Å². The third-order valence-corrected chi connectivity index (χ3v) is 8.91. The number of likely N-dealkylation sites (tertiary alicyclic amines) is 1. The SMILES string of the molecule is CN(C)[C@@H]1CCN(C(=O)c2ccc(NC(=O)Nc3ccc(-c4nc(N5CCOCC5)c5ncc(-c6cnn(C)c6)cc5n4)cc3F)cc2)C1. The lowest BCUT2D eigenvalue weighted by molar-refractivity contribution is 0.0783. The van der Waals surface area contributed by atoms with Gasteiger partial charge in [-0.2, -0.15) is 5.10 Å². The smallest absolute Gasteiger partial charge is 0.323 e. The van der Waals surface area contributed by atoms with Crippen LogP contribution >= 0.6 is 0 Å². The molecule has 2 aromatic carbocycles. The molecule has 0 radical (unpaired) electrons. The molecule has 3 amide bonds. The van der Waals surface area contributed by atoms with Crippen LogP contribution in [-0.2, 0) is 11.8 Å². The van der Waals surface area contributed by atoms with Gasteiger partial charge in [-0.3, -0.25) is 14.5 Å². The second-order valence-corrected chi connectivity index (χ2v) is 12.5. The number of nitrogens with zero attached hydrogens (tertiary/aromatic N) is 8. The van der Waals surface area contributed by atoms with E-state index < -0.39 is 11.8 Å². The maximum atomic E-state index is 15.5. The van der Waals surface area contributed by atoms with Crippen molar-refractivity contribution in [3.05, 3.63) is 78.5 Å². The number of carbonyl (C=O) groups is 2. The van der Waals surface area contributed by atoms with Gasteiger partial charge in [0.15, 0.2) is 11.6 Å². The third kappa shape index (κ3) is 6.91. The summed E-state index contributed by atoms with van der Waals surface area (Å²) in [6.45, 7) is 3.79. The zero-order valence-electron chi connectivity index (χ0n) is 27.6. The molecule has 252 valence electrons. The van der Waals surface area contributed by atoms with Crippen LogP contribution in [0.1, 0.15) is 16.8 Å². The number of amides is 3. The van der Waals surface area contributed by atoms with Gasteiger partial charge in [0.05, 0.1) is 30.6 Å². The topological polar surface area (TPSA) is 134 Å². The molecule has 0 unspecified atom stereocenters. The summed E-state index contributed by atoms with van der Waals surface area (Å²) in [6, 6.07) is 12.8. The van der Waals surface area contributed by atoms with E-state index in [0.717, 1.165) is 17.5 Å². The van der Waals surface area contributed by atoms with Crippen LogP contribution in [0.5, 0.6) is 0 Å². The molecule has 0 bridgehead atoms. The Hall–Kier alpha value is -5.47. The standard InChI is InChI=1S/C35H37FN10O3/c1-43(2)27-10-11-46(21-27)34(47)22-4-7-26(8-5-22)39-35(48)41-29-9-6-23(16-28(29)36)32-40-30-17-24(25-19-38-44(3)20-25)18-37-31(30)33(42-32)45-12-14-49-15-13-45/h4-9,16-20,27H,10-15,21H2,1-3H3,(H2,39,41,48)/t27-/m1/s1. The molecule has 2 fully saturated rings. The lowest BCUT2D eigenvalue weighted by Gasteiger charge is -2.28. The minimum Gasteiger partial charge on any atom is -0.378 e. The van der Waals surface area contributed by atoms with E-state index in [-0.39, 0.29) is 11.6 Å². The molecule has 14 heteroatoms. The minimum atomic E-state index is -0.644. The molecule has 2 aliphatic heterocycles. The predicted molar refractivity (Wildman–Crippen MR) is 185 cm³/mol. The average Bonchev–Trinajstić information content (AvgIpc) is 3.79. The van der Waals surface area contributed by atoms with Crippen LogP contribution < -0.4 is 15.5 Å². The molecule has 2 N–H and O–H groups in total. The van der Waals surface area contributed by atoms with Crippen molar-refractivity contribution in [3.8, 4) is 22.5 Å². The monoisotopic (exact) mass is 664 g/mol. The number of urea groups is 1. The molecule has 2 saturated heterocycles. The highest BCUT2D eigenvalue weighted by molar-refractivity contribution is 6.01. The molecule has 13 nitrogen and oxygen atoms in total. The van der Waals surface area contributed by atoms with Crippen molar-refractivity contribution in [1.29, 1.82) is 0 Å². The van der Waals surface area contributed by atoms with Gasteiger partial charge in [-0.05, 0) is 69.0 Å². The molecule has 0 aliphatic carbocycles. The number of anilines is 3. The Labute approximate surface area is 282 Å². The van der Waals surface area contributed by atoms with E-state index in [9.17, 15) is 9.59 Å². The van der Waals surface area contributed by atoms with Crippen molar-refractivity contribution in [2.45, 2.75) is 12.5 Å². The van der Waals surface area contributed by atoms with E-state index >= 15 is 4.39 Å². The second-order valence-electron chi connectivity index (χ2n) is 12.5. The van der Waals surface area contributed by atoms with E-state index in [1.165, 1.54) is 12.1 Å². The second kappa shape index (κ2) is 13.6. The molecular weight excluding hydrogens is 627 g/mol. The van der Waals surface area contributed by atoms with Gasteiger partial charge in [-0.15, -0.1) is 0 Å². The summed E-state index contributed by atoms with van der Waals surface area (Å²) in [4.78, 5) is 46.2. The molecule has 1 atom stereocenters. The van der Waals surface area contributed by atoms with Crippen molar-refractivity contribution >= 4 is 40.2 Å². The summed E-state index contributed by atoms with van der Waals surface area (Å²) in [5, 5.41) is 9.54. The van der Waals surface area contributed by atoms with Gasteiger partial charge in [0.2, 0.25) is 0 Å². The van der Waals surface area contributed by atoms with Crippen molar-refractivity contribution in [2.75, 3.05) is 69.0 Å². The molecular formula is C35H37FN10O3. The van der Waals surface area contributed by atoms with Crippen molar-refractivity contribution in [3.63, 3.8) is 0 Å². The van der Waals surface area contributed by atoms with Gasteiger partial charge >= 0.3 is 6.03 Å². The summed E-state index contributed by atoms with van der Waals surface area (Å²) in [7, 11) is 5.88. The Morgan fingerprint density at radius 2 is 1.73 bits per heavy atom. The Morgan fingerprint density at radius 1 is 0.939 bits per heavy atom. The van der Waals surface area contributed by atoms with Crippen LogP contribution in [0, 0.1) is 5.82 Å². The number of benzene rings is 2. The molecule has 3 aromatic heterocycles. The van der Waals surface area contributed by atoms with Crippen LogP contribution in [0.4, 0.5) is 26.4 Å². The number of pyridine rings is 1. The first kappa shape index (κ1) is 32.1. The largest absolute Gasteiger partial charge is 0.378 e. The number of rotatable bonds is 7. The number of morpholine rings is 1. The summed E-state index contributed by atoms with van der Waals surface area (Å²) >= 11 is 0. The van der Waals surface area contributed by atoms with Crippen LogP contribution in [0.3, 0.4) is 0 Å². The van der Waals surface area contributed by atoms with Crippen LogP contribution in [-0.4, -0.2) is 106 Å². The van der Waals surface area contributed by atoms with Gasteiger partial charge in [0.1, 0.15) is 11.3 Å². The van der Waals surface area contributed by atoms with E-state index in [0.29, 0.717) is 84.9 Å². The number of hydrogen-bond donors (Lipinski definition) is 2. The summed E-state index contributed by atoms with van der Waals surface area (Å²) in [5.41, 5.74) is 4.45. The Balaban J connectivity index is 1.07. The lowest BCUT2D eigenvalue weighted by Crippen LogP contribution is -2.37. The number of nitrogens with one attached hydrogen (secondary N) is 2. The zero-order chi connectivity index (χ0) is 34.1. The van der Waals surface area contributed by atoms with Gasteiger partial charge < -0.3 is 30.1 Å². The zero-order valence-corrected chi connectivity index (χ0v) is 27.6. The molecule has 5 heterocycles. The summed E-state index contributed by atoms with van der Waals surface area (Å²) in [5.74, 6) is 0.290. The normalized spacial score (nSPS) is 16.4. The number of likely N-dealkylation sites (N-methyl/N-ethyl adjacent to an activating group) is 1. The molecule has 0 saturated carbocycles. The maximum Gasteiger partial charge on any atom is 0.323 e. The Bertz CT molecular complexity index is 2010. The molecule has 5 aromatic rings. The number of aryl methyl sites for hydroxylation is 1. The first-order chi connectivity index (χ1) is 23.7. The Kier molecular flexibility index (Phi) is 8.89. The Morgan fingerprint density at radius 3 is 2.43 bits per heavy atom. The van der Waals surface area contributed by atoms with Crippen molar-refractivity contribution in [2.24, 2.45) is 7.05 Å². The fourth-order valence-electron chi connectivity index (χ4n) is 6.12. The highest BCUT2D eigenvalue weighted by Gasteiger charge is 2.28. The molecule has 2 aliphatic rings. The first-order valence-electron chi connectivity index (χ1n) is 16.1. The predicted octanol–water partition coefficient (Wildman–Crippen LogP) is 4.49. The van der Waals surface area contributed by atoms with Crippen LogP contribution in [0.2, 0.25) is 0 Å². The summed E-state index contributed by atoms with van der Waals surface area (Å²) < 4.78 is 22.7. The van der Waals surface area contributed by atoms with Gasteiger partial charge in [0.25, 0.3) is 5.91 Å². The number of carbonyl (C=O) groups excluding carboxylic acids is 2. The van der Waals surface area contributed by atoms with Crippen LogP contribution in [0.15, 0.2) is 67.1 Å². The number of fused-ring (bicyclic) bond motifs is 1. The molecule has 7 rings (SSSR count). The molecule has 0 spiro atoms. The van der Waals surface area contributed by atoms with Gasteiger partial charge in [-0.25, -0.2) is 19.2 Å².